The number of hydrogen-bond donors (Lipinski definition) is 1. The van der Waals surface area contributed by atoms with Crippen LogP contribution in [0, 0.1) is 27.2 Å². The summed E-state index contributed by atoms with van der Waals surface area (Å²) < 4.78 is 5.53. The van der Waals surface area contributed by atoms with Crippen LogP contribution in [0.3, 0.4) is 0 Å². The van der Waals surface area contributed by atoms with E-state index >= 15 is 0 Å². The summed E-state index contributed by atoms with van der Waals surface area (Å²) in [5.74, 6) is -0.336. The average Bonchev–Trinajstić information content (AvgIpc) is 2.74. The van der Waals surface area contributed by atoms with Crippen molar-refractivity contribution in [3.8, 4) is 11.5 Å². The van der Waals surface area contributed by atoms with Crippen molar-refractivity contribution in [2.24, 2.45) is 5.10 Å². The first-order valence-electron chi connectivity index (χ1n) is 8.80. The van der Waals surface area contributed by atoms with E-state index in [4.69, 9.17) is 4.74 Å². The molecule has 0 unspecified atom stereocenters. The number of rotatable bonds is 7. The maximum absolute atomic E-state index is 12.0. The van der Waals surface area contributed by atoms with Gasteiger partial charge in [0.1, 0.15) is 5.75 Å². The quantitative estimate of drug-likeness (QED) is 0.346. The van der Waals surface area contributed by atoms with Crippen molar-refractivity contribution in [1.29, 1.82) is 0 Å². The molecular formula is C20H15N5O6. The lowest BCUT2D eigenvalue weighted by atomic mass is 10.2. The van der Waals surface area contributed by atoms with Gasteiger partial charge >= 0.3 is 5.69 Å². The number of aromatic nitrogens is 1. The van der Waals surface area contributed by atoms with Gasteiger partial charge in [-0.15, -0.1) is 0 Å². The fourth-order valence-corrected chi connectivity index (χ4v) is 2.47. The molecular weight excluding hydrogens is 406 g/mol. The Bertz CT molecular complexity index is 1180. The Morgan fingerprint density at radius 2 is 1.90 bits per heavy atom. The highest BCUT2D eigenvalue weighted by atomic mass is 16.6. The molecule has 1 heterocycles. The van der Waals surface area contributed by atoms with Gasteiger partial charge in [-0.3, -0.25) is 30.0 Å². The second-order valence-corrected chi connectivity index (χ2v) is 6.23. The Morgan fingerprint density at radius 1 is 1.10 bits per heavy atom. The fourth-order valence-electron chi connectivity index (χ4n) is 2.47. The molecule has 0 atom stereocenters. The number of ether oxygens (including phenoxy) is 1. The van der Waals surface area contributed by atoms with Crippen LogP contribution < -0.4 is 10.2 Å². The summed E-state index contributed by atoms with van der Waals surface area (Å²) in [5, 5.41) is 25.9. The first kappa shape index (κ1) is 21.0. The number of benzene rings is 2. The van der Waals surface area contributed by atoms with Crippen LogP contribution in [-0.4, -0.2) is 27.0 Å². The van der Waals surface area contributed by atoms with E-state index in [0.29, 0.717) is 11.1 Å². The van der Waals surface area contributed by atoms with E-state index in [-0.39, 0.29) is 11.5 Å². The molecule has 0 aliphatic heterocycles. The summed E-state index contributed by atoms with van der Waals surface area (Å²) in [7, 11) is 0. The van der Waals surface area contributed by atoms with E-state index in [2.05, 4.69) is 15.5 Å². The number of amides is 1. The highest BCUT2D eigenvalue weighted by molar-refractivity contribution is 5.94. The molecule has 0 aliphatic rings. The second kappa shape index (κ2) is 9.22. The molecule has 0 saturated heterocycles. The third-order valence-corrected chi connectivity index (χ3v) is 3.99. The number of hydrogen-bond acceptors (Lipinski definition) is 8. The summed E-state index contributed by atoms with van der Waals surface area (Å²) in [4.78, 5) is 36.6. The van der Waals surface area contributed by atoms with Gasteiger partial charge in [-0.2, -0.15) is 5.10 Å². The number of aryl methyl sites for hydroxylation is 1. The van der Waals surface area contributed by atoms with Crippen molar-refractivity contribution in [3.05, 3.63) is 97.8 Å². The summed E-state index contributed by atoms with van der Waals surface area (Å²) in [5.41, 5.74) is 3.10. The Morgan fingerprint density at radius 3 is 2.58 bits per heavy atom. The van der Waals surface area contributed by atoms with Crippen LogP contribution >= 0.6 is 0 Å². The topological polar surface area (TPSA) is 150 Å². The van der Waals surface area contributed by atoms with Crippen molar-refractivity contribution in [1.82, 2.24) is 10.4 Å². The monoisotopic (exact) mass is 421 g/mol. The average molecular weight is 421 g/mol. The predicted molar refractivity (Wildman–Crippen MR) is 110 cm³/mol. The molecule has 156 valence electrons. The second-order valence-electron chi connectivity index (χ2n) is 6.23. The normalized spacial score (nSPS) is 10.6. The van der Waals surface area contributed by atoms with Gasteiger partial charge in [-0.25, -0.2) is 5.43 Å². The molecule has 0 bridgehead atoms. The van der Waals surface area contributed by atoms with Crippen molar-refractivity contribution in [3.63, 3.8) is 0 Å². The molecule has 1 aromatic heterocycles. The Balaban J connectivity index is 1.72. The van der Waals surface area contributed by atoms with Gasteiger partial charge in [0.2, 0.25) is 5.75 Å². The standard InChI is InChI=1S/C20H15N5O6/c1-13-5-6-15(12-21-13)20(26)23-22-11-14-3-2-4-17(9-14)31-19-8-7-16(24(27)28)10-18(19)25(29)30/h2-12H,1H3,(H,23,26). The number of hydrazone groups is 1. The zero-order valence-electron chi connectivity index (χ0n) is 16.1. The number of nitrogens with zero attached hydrogens (tertiary/aromatic N) is 4. The number of nitrogens with one attached hydrogen (secondary N) is 1. The van der Waals surface area contributed by atoms with E-state index in [1.54, 1.807) is 37.3 Å². The zero-order valence-corrected chi connectivity index (χ0v) is 16.1. The number of carbonyl (C=O) groups excluding carboxylic acids is 1. The maximum Gasteiger partial charge on any atom is 0.318 e. The molecule has 3 rings (SSSR count). The van der Waals surface area contributed by atoms with Gasteiger partial charge < -0.3 is 4.74 Å². The molecule has 11 heteroatoms. The highest BCUT2D eigenvalue weighted by Gasteiger charge is 2.21. The fraction of sp³-hybridized carbons (Fsp3) is 0.0500. The minimum atomic E-state index is -0.761. The van der Waals surface area contributed by atoms with Gasteiger partial charge in [-0.1, -0.05) is 12.1 Å². The molecule has 0 saturated carbocycles. The van der Waals surface area contributed by atoms with Crippen LogP contribution in [0.15, 0.2) is 65.9 Å². The lowest BCUT2D eigenvalue weighted by Crippen LogP contribution is -2.17. The van der Waals surface area contributed by atoms with Crippen LogP contribution in [-0.2, 0) is 0 Å². The van der Waals surface area contributed by atoms with Gasteiger partial charge in [-0.05, 0) is 42.8 Å². The maximum atomic E-state index is 12.0. The summed E-state index contributed by atoms with van der Waals surface area (Å²) in [6, 6.07) is 12.8. The number of pyridine rings is 1. The number of nitro groups is 2. The SMILES string of the molecule is Cc1ccc(C(=O)NN=Cc2cccc(Oc3ccc([N+](=O)[O-])cc3[N+](=O)[O-])c2)cn1. The zero-order chi connectivity index (χ0) is 22.4. The molecule has 11 nitrogen and oxygen atoms in total. The van der Waals surface area contributed by atoms with Crippen LogP contribution in [0.5, 0.6) is 11.5 Å². The predicted octanol–water partition coefficient (Wildman–Crippen LogP) is 3.76. The third-order valence-electron chi connectivity index (χ3n) is 3.99. The van der Waals surface area contributed by atoms with Gasteiger partial charge in [0, 0.05) is 18.0 Å². The van der Waals surface area contributed by atoms with Crippen molar-refractivity contribution in [2.45, 2.75) is 6.92 Å². The van der Waals surface area contributed by atoms with Crippen LogP contribution in [0.1, 0.15) is 21.6 Å². The van der Waals surface area contributed by atoms with E-state index in [1.807, 2.05) is 0 Å². The Hall–Kier alpha value is -4.67. The van der Waals surface area contributed by atoms with E-state index in [9.17, 15) is 25.0 Å². The van der Waals surface area contributed by atoms with Gasteiger partial charge in [0.15, 0.2) is 0 Å². The van der Waals surface area contributed by atoms with Gasteiger partial charge in [0.05, 0.1) is 27.7 Å². The van der Waals surface area contributed by atoms with Crippen LogP contribution in [0.25, 0.3) is 0 Å². The number of nitro benzene ring substituents is 2. The Kier molecular flexibility index (Phi) is 6.26. The first-order valence-corrected chi connectivity index (χ1v) is 8.80. The lowest BCUT2D eigenvalue weighted by molar-refractivity contribution is -0.394. The van der Waals surface area contributed by atoms with Crippen molar-refractivity contribution in [2.75, 3.05) is 0 Å². The molecule has 31 heavy (non-hydrogen) atoms. The minimum Gasteiger partial charge on any atom is -0.450 e. The first-order chi connectivity index (χ1) is 14.8. The summed E-state index contributed by atoms with van der Waals surface area (Å²) in [6.07, 6.45) is 2.81. The molecule has 1 amide bonds. The molecule has 0 fully saturated rings. The van der Waals surface area contributed by atoms with E-state index in [1.165, 1.54) is 18.5 Å². The van der Waals surface area contributed by atoms with E-state index < -0.39 is 27.1 Å². The number of carbonyl (C=O) groups is 1. The molecule has 3 aromatic rings. The Labute approximate surface area is 175 Å². The molecule has 0 aliphatic carbocycles. The highest BCUT2D eigenvalue weighted by Crippen LogP contribution is 2.34. The van der Waals surface area contributed by atoms with Crippen molar-refractivity contribution >= 4 is 23.5 Å². The van der Waals surface area contributed by atoms with Crippen molar-refractivity contribution < 1.29 is 19.4 Å². The summed E-state index contributed by atoms with van der Waals surface area (Å²) in [6.45, 7) is 1.81. The molecule has 2 aromatic carbocycles. The lowest BCUT2D eigenvalue weighted by Gasteiger charge is -2.07. The molecule has 0 spiro atoms. The van der Waals surface area contributed by atoms with Crippen LogP contribution in [0.4, 0.5) is 11.4 Å². The largest absolute Gasteiger partial charge is 0.450 e. The molecule has 1 N–H and O–H groups in total. The third kappa shape index (κ3) is 5.44. The molecule has 0 radical (unpaired) electrons. The number of non-ortho nitro benzene ring substituents is 1. The van der Waals surface area contributed by atoms with E-state index in [0.717, 1.165) is 23.9 Å². The van der Waals surface area contributed by atoms with Gasteiger partial charge in [0.25, 0.3) is 11.6 Å². The minimum absolute atomic E-state index is 0.148. The summed E-state index contributed by atoms with van der Waals surface area (Å²) >= 11 is 0. The smallest absolute Gasteiger partial charge is 0.318 e. The van der Waals surface area contributed by atoms with Crippen LogP contribution in [0.2, 0.25) is 0 Å².